The number of alkyl halides is 3. The first kappa shape index (κ1) is 14.0. The van der Waals surface area contributed by atoms with Gasteiger partial charge < -0.3 is 5.32 Å². The Hall–Kier alpha value is -1.03. The van der Waals surface area contributed by atoms with Gasteiger partial charge in [-0.1, -0.05) is 39.0 Å². The molecule has 0 aliphatic heterocycles. The molecule has 0 aliphatic carbocycles. The van der Waals surface area contributed by atoms with Crippen molar-refractivity contribution in [1.29, 1.82) is 0 Å². The zero-order chi connectivity index (χ0) is 13.1. The van der Waals surface area contributed by atoms with Crippen LogP contribution in [0, 0.1) is 0 Å². The lowest BCUT2D eigenvalue weighted by Crippen LogP contribution is -2.27. The van der Waals surface area contributed by atoms with Gasteiger partial charge in [-0.2, -0.15) is 13.2 Å². The first-order chi connectivity index (χ1) is 7.80. The Labute approximate surface area is 100 Å². The molecule has 0 saturated carbocycles. The molecule has 1 unspecified atom stereocenters. The standard InChI is InChI=1S/C13H18F3N/c1-9(2)17-8-10(3)11-5-4-6-12(7-11)13(14,15)16/h4-7,9-10,17H,8H2,1-3H3. The zero-order valence-electron chi connectivity index (χ0n) is 10.3. The van der Waals surface area contributed by atoms with Crippen LogP contribution in [0.2, 0.25) is 0 Å². The monoisotopic (exact) mass is 245 g/mol. The minimum absolute atomic E-state index is 0.0692. The van der Waals surface area contributed by atoms with Crippen molar-refractivity contribution in [2.24, 2.45) is 0 Å². The summed E-state index contributed by atoms with van der Waals surface area (Å²) in [6, 6.07) is 5.87. The highest BCUT2D eigenvalue weighted by molar-refractivity contribution is 5.28. The highest BCUT2D eigenvalue weighted by atomic mass is 19.4. The third-order valence-electron chi connectivity index (χ3n) is 2.62. The van der Waals surface area contributed by atoms with Crippen molar-refractivity contribution < 1.29 is 13.2 Å². The molecule has 0 spiro atoms. The molecule has 1 N–H and O–H groups in total. The van der Waals surface area contributed by atoms with E-state index in [0.717, 1.165) is 6.07 Å². The van der Waals surface area contributed by atoms with Crippen LogP contribution in [0.3, 0.4) is 0 Å². The minimum atomic E-state index is -4.26. The van der Waals surface area contributed by atoms with E-state index in [1.807, 2.05) is 20.8 Å². The maximum Gasteiger partial charge on any atom is 0.416 e. The highest BCUT2D eigenvalue weighted by Gasteiger charge is 2.30. The van der Waals surface area contributed by atoms with E-state index in [0.29, 0.717) is 18.2 Å². The predicted octanol–water partition coefficient (Wildman–Crippen LogP) is 3.81. The maximum absolute atomic E-state index is 12.5. The van der Waals surface area contributed by atoms with Gasteiger partial charge in [0.15, 0.2) is 0 Å². The van der Waals surface area contributed by atoms with Crippen LogP contribution in [0.15, 0.2) is 24.3 Å². The van der Waals surface area contributed by atoms with Crippen LogP contribution in [-0.4, -0.2) is 12.6 Å². The normalized spacial score (nSPS) is 14.1. The summed E-state index contributed by atoms with van der Waals surface area (Å²) in [4.78, 5) is 0. The molecule has 0 aliphatic rings. The van der Waals surface area contributed by atoms with E-state index in [-0.39, 0.29) is 5.92 Å². The second-order valence-electron chi connectivity index (χ2n) is 4.59. The summed E-state index contributed by atoms with van der Waals surface area (Å²) in [7, 11) is 0. The molecule has 1 aromatic carbocycles. The van der Waals surface area contributed by atoms with E-state index in [2.05, 4.69) is 5.32 Å². The van der Waals surface area contributed by atoms with Gasteiger partial charge in [0.25, 0.3) is 0 Å². The molecule has 0 radical (unpaired) electrons. The molecule has 4 heteroatoms. The quantitative estimate of drug-likeness (QED) is 0.850. The Balaban J connectivity index is 2.77. The second-order valence-corrected chi connectivity index (χ2v) is 4.59. The molecule has 1 atom stereocenters. The predicted molar refractivity (Wildman–Crippen MR) is 63.0 cm³/mol. The van der Waals surface area contributed by atoms with Gasteiger partial charge in [-0.15, -0.1) is 0 Å². The van der Waals surface area contributed by atoms with Crippen LogP contribution >= 0.6 is 0 Å². The van der Waals surface area contributed by atoms with Crippen LogP contribution in [0.4, 0.5) is 13.2 Å². The molecule has 0 aromatic heterocycles. The molecular formula is C13H18F3N. The molecule has 1 nitrogen and oxygen atoms in total. The van der Waals surface area contributed by atoms with Gasteiger partial charge in [0.05, 0.1) is 5.56 Å². The zero-order valence-corrected chi connectivity index (χ0v) is 10.3. The molecular weight excluding hydrogens is 227 g/mol. The van der Waals surface area contributed by atoms with Gasteiger partial charge in [0.1, 0.15) is 0 Å². The third kappa shape index (κ3) is 4.38. The fourth-order valence-electron chi connectivity index (χ4n) is 1.55. The lowest BCUT2D eigenvalue weighted by atomic mass is 9.98. The number of rotatable bonds is 4. The Morgan fingerprint density at radius 2 is 1.82 bits per heavy atom. The van der Waals surface area contributed by atoms with Crippen molar-refractivity contribution in [1.82, 2.24) is 5.32 Å². The Morgan fingerprint density at radius 1 is 1.18 bits per heavy atom. The summed E-state index contributed by atoms with van der Waals surface area (Å²) in [6.07, 6.45) is -4.26. The number of halogens is 3. The Bertz CT molecular complexity index is 358. The summed E-state index contributed by atoms with van der Waals surface area (Å²) < 4.78 is 37.6. The number of nitrogens with one attached hydrogen (secondary N) is 1. The molecule has 0 bridgehead atoms. The number of hydrogen-bond acceptors (Lipinski definition) is 1. The number of hydrogen-bond donors (Lipinski definition) is 1. The molecule has 0 amide bonds. The summed E-state index contributed by atoms with van der Waals surface area (Å²) in [6.45, 7) is 6.63. The summed E-state index contributed by atoms with van der Waals surface area (Å²) in [5.74, 6) is 0.0692. The van der Waals surface area contributed by atoms with E-state index >= 15 is 0 Å². The lowest BCUT2D eigenvalue weighted by Gasteiger charge is -2.16. The van der Waals surface area contributed by atoms with Crippen molar-refractivity contribution in [3.05, 3.63) is 35.4 Å². The highest BCUT2D eigenvalue weighted by Crippen LogP contribution is 2.30. The number of benzene rings is 1. The van der Waals surface area contributed by atoms with Gasteiger partial charge in [0.2, 0.25) is 0 Å². The first-order valence-corrected chi connectivity index (χ1v) is 5.71. The van der Waals surface area contributed by atoms with Crippen molar-refractivity contribution in [2.75, 3.05) is 6.54 Å². The molecule has 0 fully saturated rings. The molecule has 0 heterocycles. The van der Waals surface area contributed by atoms with Crippen molar-refractivity contribution in [3.8, 4) is 0 Å². The van der Waals surface area contributed by atoms with Crippen LogP contribution in [0.25, 0.3) is 0 Å². The van der Waals surface area contributed by atoms with Crippen molar-refractivity contribution in [2.45, 2.75) is 38.9 Å². The molecule has 96 valence electrons. The van der Waals surface area contributed by atoms with E-state index in [1.165, 1.54) is 12.1 Å². The molecule has 0 saturated heterocycles. The topological polar surface area (TPSA) is 12.0 Å². The Kier molecular flexibility index (Phi) is 4.57. The second kappa shape index (κ2) is 5.54. The van der Waals surface area contributed by atoms with Crippen LogP contribution in [0.1, 0.15) is 37.8 Å². The van der Waals surface area contributed by atoms with Gasteiger partial charge in [-0.3, -0.25) is 0 Å². The summed E-state index contributed by atoms with van der Waals surface area (Å²) in [5.41, 5.74) is 0.138. The van der Waals surface area contributed by atoms with Gasteiger partial charge in [0, 0.05) is 12.6 Å². The fraction of sp³-hybridized carbons (Fsp3) is 0.538. The SMILES string of the molecule is CC(C)NCC(C)c1cccc(C(F)(F)F)c1. The molecule has 17 heavy (non-hydrogen) atoms. The average molecular weight is 245 g/mol. The van der Waals surface area contributed by atoms with Gasteiger partial charge >= 0.3 is 6.18 Å². The average Bonchev–Trinajstić information content (AvgIpc) is 2.25. The smallest absolute Gasteiger partial charge is 0.314 e. The van der Waals surface area contributed by atoms with Crippen LogP contribution < -0.4 is 5.32 Å². The van der Waals surface area contributed by atoms with E-state index in [1.54, 1.807) is 6.07 Å². The van der Waals surface area contributed by atoms with Crippen LogP contribution in [-0.2, 0) is 6.18 Å². The largest absolute Gasteiger partial charge is 0.416 e. The molecule has 1 rings (SSSR count). The lowest BCUT2D eigenvalue weighted by molar-refractivity contribution is -0.137. The fourth-order valence-corrected chi connectivity index (χ4v) is 1.55. The minimum Gasteiger partial charge on any atom is -0.314 e. The van der Waals surface area contributed by atoms with Gasteiger partial charge in [-0.05, 0) is 17.5 Å². The van der Waals surface area contributed by atoms with Crippen LogP contribution in [0.5, 0.6) is 0 Å². The van der Waals surface area contributed by atoms with E-state index in [9.17, 15) is 13.2 Å². The summed E-state index contributed by atoms with van der Waals surface area (Å²) in [5, 5.41) is 3.22. The first-order valence-electron chi connectivity index (χ1n) is 5.71. The van der Waals surface area contributed by atoms with Crippen molar-refractivity contribution >= 4 is 0 Å². The van der Waals surface area contributed by atoms with Crippen molar-refractivity contribution in [3.63, 3.8) is 0 Å². The van der Waals surface area contributed by atoms with Gasteiger partial charge in [-0.25, -0.2) is 0 Å². The van der Waals surface area contributed by atoms with E-state index in [4.69, 9.17) is 0 Å². The third-order valence-corrected chi connectivity index (χ3v) is 2.62. The van der Waals surface area contributed by atoms with E-state index < -0.39 is 11.7 Å². The Morgan fingerprint density at radius 3 is 2.35 bits per heavy atom. The maximum atomic E-state index is 12.5. The summed E-state index contributed by atoms with van der Waals surface area (Å²) >= 11 is 0. The molecule has 1 aromatic rings.